The molecule has 1 fully saturated rings. The highest BCUT2D eigenvalue weighted by molar-refractivity contribution is 7.91. The lowest BCUT2D eigenvalue weighted by molar-refractivity contribution is -0.0291. The molecule has 0 radical (unpaired) electrons. The lowest BCUT2D eigenvalue weighted by Crippen LogP contribution is -2.34. The van der Waals surface area contributed by atoms with Gasteiger partial charge in [0.25, 0.3) is 0 Å². The maximum Gasteiger partial charge on any atom is 0.205 e. The molecule has 1 saturated heterocycles. The van der Waals surface area contributed by atoms with Crippen LogP contribution in [-0.4, -0.2) is 26.6 Å². The zero-order valence-corrected chi connectivity index (χ0v) is 15.0. The third kappa shape index (κ3) is 4.91. The molecule has 0 aromatic heterocycles. The van der Waals surface area contributed by atoms with E-state index in [0.717, 1.165) is 18.4 Å². The van der Waals surface area contributed by atoms with Gasteiger partial charge in [-0.05, 0) is 43.4 Å². The Bertz CT molecular complexity index is 744. The topological polar surface area (TPSA) is 52.6 Å². The van der Waals surface area contributed by atoms with Crippen molar-refractivity contribution in [3.05, 3.63) is 66.2 Å². The second-order valence-electron chi connectivity index (χ2n) is 6.30. The maximum absolute atomic E-state index is 12.7. The van der Waals surface area contributed by atoms with E-state index in [9.17, 15) is 8.42 Å². The zero-order chi connectivity index (χ0) is 17.5. The molecule has 3 rings (SSSR count). The van der Waals surface area contributed by atoms with Gasteiger partial charge >= 0.3 is 0 Å². The van der Waals surface area contributed by atoms with Crippen LogP contribution in [0.3, 0.4) is 0 Å². The van der Waals surface area contributed by atoms with Gasteiger partial charge in [0.2, 0.25) is 9.84 Å². The molecule has 1 unspecified atom stereocenters. The SMILES string of the molecule is O=S(=O)(c1ccccc1)C1CCC[C@@H](CCOCc2ccccc2)O1. The van der Waals surface area contributed by atoms with Crippen LogP contribution in [0.15, 0.2) is 65.6 Å². The summed E-state index contributed by atoms with van der Waals surface area (Å²) in [6.07, 6.45) is 2.95. The zero-order valence-electron chi connectivity index (χ0n) is 14.2. The Morgan fingerprint density at radius 1 is 0.960 bits per heavy atom. The van der Waals surface area contributed by atoms with E-state index in [-0.39, 0.29) is 6.10 Å². The van der Waals surface area contributed by atoms with E-state index in [4.69, 9.17) is 9.47 Å². The molecule has 1 heterocycles. The van der Waals surface area contributed by atoms with Crippen molar-refractivity contribution in [3.63, 3.8) is 0 Å². The summed E-state index contributed by atoms with van der Waals surface area (Å²) in [7, 11) is -3.43. The Morgan fingerprint density at radius 3 is 2.36 bits per heavy atom. The fourth-order valence-electron chi connectivity index (χ4n) is 3.04. The van der Waals surface area contributed by atoms with Crippen LogP contribution >= 0.6 is 0 Å². The summed E-state index contributed by atoms with van der Waals surface area (Å²) in [5.41, 5.74) is 0.388. The molecule has 2 atom stereocenters. The van der Waals surface area contributed by atoms with Gasteiger partial charge in [-0.1, -0.05) is 48.5 Å². The quantitative estimate of drug-likeness (QED) is 0.701. The van der Waals surface area contributed by atoms with Crippen LogP contribution in [0.5, 0.6) is 0 Å². The summed E-state index contributed by atoms with van der Waals surface area (Å²) in [5, 5.41) is 0. The average molecular weight is 360 g/mol. The minimum Gasteiger partial charge on any atom is -0.377 e. The summed E-state index contributed by atoms with van der Waals surface area (Å²) in [6.45, 7) is 1.14. The molecule has 25 heavy (non-hydrogen) atoms. The third-order valence-electron chi connectivity index (χ3n) is 4.42. The van der Waals surface area contributed by atoms with Crippen LogP contribution in [0.25, 0.3) is 0 Å². The van der Waals surface area contributed by atoms with E-state index < -0.39 is 15.3 Å². The molecule has 0 spiro atoms. The summed E-state index contributed by atoms with van der Waals surface area (Å²) in [6, 6.07) is 18.6. The monoisotopic (exact) mass is 360 g/mol. The molecule has 2 aromatic carbocycles. The second kappa shape index (κ2) is 8.61. The standard InChI is InChI=1S/C20H24O4S/c21-25(22,19-11-5-2-6-12-19)20-13-7-10-18(24-20)14-15-23-16-17-8-3-1-4-9-17/h1-6,8-9,11-12,18,20H,7,10,13-16H2/t18-,20?/m0/s1. The molecular weight excluding hydrogens is 336 g/mol. The van der Waals surface area contributed by atoms with Gasteiger partial charge in [-0.3, -0.25) is 0 Å². The van der Waals surface area contributed by atoms with Gasteiger partial charge in [0.1, 0.15) is 0 Å². The van der Waals surface area contributed by atoms with Crippen molar-refractivity contribution in [2.24, 2.45) is 0 Å². The molecule has 0 saturated carbocycles. The lowest BCUT2D eigenvalue weighted by Gasteiger charge is -2.29. The van der Waals surface area contributed by atoms with Gasteiger partial charge in [-0.25, -0.2) is 8.42 Å². The molecule has 1 aliphatic rings. The smallest absolute Gasteiger partial charge is 0.205 e. The van der Waals surface area contributed by atoms with Crippen LogP contribution in [0.4, 0.5) is 0 Å². The van der Waals surface area contributed by atoms with E-state index >= 15 is 0 Å². The van der Waals surface area contributed by atoms with Crippen LogP contribution in [0.1, 0.15) is 31.2 Å². The maximum atomic E-state index is 12.7. The molecule has 134 valence electrons. The second-order valence-corrected chi connectivity index (χ2v) is 8.39. The lowest BCUT2D eigenvalue weighted by atomic mass is 10.1. The summed E-state index contributed by atoms with van der Waals surface area (Å²) < 4.78 is 37.0. The highest BCUT2D eigenvalue weighted by atomic mass is 32.2. The molecule has 5 heteroatoms. The van der Waals surface area contributed by atoms with Crippen molar-refractivity contribution in [1.29, 1.82) is 0 Å². The third-order valence-corrected chi connectivity index (χ3v) is 6.39. The van der Waals surface area contributed by atoms with Gasteiger partial charge in [-0.15, -0.1) is 0 Å². The molecule has 0 aliphatic carbocycles. The van der Waals surface area contributed by atoms with Crippen molar-refractivity contribution in [2.75, 3.05) is 6.61 Å². The molecule has 0 bridgehead atoms. The predicted octanol–water partition coefficient (Wildman–Crippen LogP) is 3.96. The first-order chi connectivity index (χ1) is 12.2. The number of sulfone groups is 1. The largest absolute Gasteiger partial charge is 0.377 e. The summed E-state index contributed by atoms with van der Waals surface area (Å²) >= 11 is 0. The number of ether oxygens (including phenoxy) is 2. The van der Waals surface area contributed by atoms with Crippen LogP contribution in [0, 0.1) is 0 Å². The van der Waals surface area contributed by atoms with E-state index in [1.807, 2.05) is 36.4 Å². The van der Waals surface area contributed by atoms with Gasteiger partial charge in [0.15, 0.2) is 5.44 Å². The van der Waals surface area contributed by atoms with Gasteiger partial charge < -0.3 is 9.47 Å². The average Bonchev–Trinajstić information content (AvgIpc) is 2.67. The Labute approximate surface area is 149 Å². The summed E-state index contributed by atoms with van der Waals surface area (Å²) in [5.74, 6) is 0. The van der Waals surface area contributed by atoms with E-state index in [1.165, 1.54) is 0 Å². The van der Waals surface area contributed by atoms with Crippen LogP contribution in [-0.2, 0) is 25.9 Å². The van der Waals surface area contributed by atoms with Crippen LogP contribution in [0.2, 0.25) is 0 Å². The number of rotatable bonds is 7. The minimum absolute atomic E-state index is 0.0620. The molecule has 0 amide bonds. The summed E-state index contributed by atoms with van der Waals surface area (Å²) in [4.78, 5) is 0.334. The van der Waals surface area contributed by atoms with Gasteiger partial charge in [0, 0.05) is 6.61 Å². The van der Waals surface area contributed by atoms with Crippen molar-refractivity contribution in [3.8, 4) is 0 Å². The Hall–Kier alpha value is -1.69. The van der Waals surface area contributed by atoms with Crippen molar-refractivity contribution >= 4 is 9.84 Å². The number of benzene rings is 2. The highest BCUT2D eigenvalue weighted by Gasteiger charge is 2.33. The first kappa shape index (κ1) is 18.1. The number of hydrogen-bond donors (Lipinski definition) is 0. The van der Waals surface area contributed by atoms with Crippen molar-refractivity contribution in [1.82, 2.24) is 0 Å². The van der Waals surface area contributed by atoms with E-state index in [0.29, 0.717) is 31.0 Å². The first-order valence-electron chi connectivity index (χ1n) is 8.72. The fraction of sp³-hybridized carbons (Fsp3) is 0.400. The Kier molecular flexibility index (Phi) is 6.24. The van der Waals surface area contributed by atoms with E-state index in [2.05, 4.69) is 0 Å². The van der Waals surface area contributed by atoms with Crippen molar-refractivity contribution < 1.29 is 17.9 Å². The van der Waals surface area contributed by atoms with E-state index in [1.54, 1.807) is 24.3 Å². The molecule has 4 nitrogen and oxygen atoms in total. The Balaban J connectivity index is 1.50. The normalized spacial score (nSPS) is 21.1. The van der Waals surface area contributed by atoms with Gasteiger partial charge in [0.05, 0.1) is 17.6 Å². The molecule has 2 aromatic rings. The van der Waals surface area contributed by atoms with Gasteiger partial charge in [-0.2, -0.15) is 0 Å². The molecular formula is C20H24O4S. The minimum atomic E-state index is -3.43. The van der Waals surface area contributed by atoms with Crippen molar-refractivity contribution in [2.45, 2.75) is 48.7 Å². The molecule has 1 aliphatic heterocycles. The number of hydrogen-bond acceptors (Lipinski definition) is 4. The highest BCUT2D eigenvalue weighted by Crippen LogP contribution is 2.28. The first-order valence-corrected chi connectivity index (χ1v) is 10.3. The van der Waals surface area contributed by atoms with Crippen LogP contribution < -0.4 is 0 Å². The fourth-order valence-corrected chi connectivity index (χ4v) is 4.67. The molecule has 0 N–H and O–H groups in total. The Morgan fingerprint density at radius 2 is 1.64 bits per heavy atom. The predicted molar refractivity (Wildman–Crippen MR) is 96.9 cm³/mol.